The van der Waals surface area contributed by atoms with Gasteiger partial charge in [0.05, 0.1) is 10.4 Å². The van der Waals surface area contributed by atoms with E-state index in [1.165, 1.54) is 12.1 Å². The summed E-state index contributed by atoms with van der Waals surface area (Å²) in [5.41, 5.74) is 0.864. The predicted molar refractivity (Wildman–Crippen MR) is 104 cm³/mol. The Balaban J connectivity index is 1.67. The highest BCUT2D eigenvalue weighted by molar-refractivity contribution is 7.89. The van der Waals surface area contributed by atoms with Gasteiger partial charge in [-0.2, -0.15) is 0 Å². The van der Waals surface area contributed by atoms with Gasteiger partial charge in [-0.15, -0.1) is 0 Å². The number of aromatic nitrogens is 2. The standard InChI is InChI=1S/C18H19ClN4O2S/c1-2-17-22-16-6-4-3-5-15(16)18(23-17)20-11-12-21-26(24,25)14-9-7-13(19)8-10-14/h3-10,21H,2,11-12H2,1H3,(H,20,22,23). The van der Waals surface area contributed by atoms with Gasteiger partial charge in [0.25, 0.3) is 0 Å². The lowest BCUT2D eigenvalue weighted by molar-refractivity contribution is 0.583. The number of hydrogen-bond acceptors (Lipinski definition) is 5. The first-order valence-electron chi connectivity index (χ1n) is 8.24. The van der Waals surface area contributed by atoms with E-state index in [-0.39, 0.29) is 11.4 Å². The van der Waals surface area contributed by atoms with Gasteiger partial charge in [-0.1, -0.05) is 30.7 Å². The molecule has 3 rings (SSSR count). The number of nitrogens with zero attached hydrogens (tertiary/aromatic N) is 2. The largest absolute Gasteiger partial charge is 0.368 e. The summed E-state index contributed by atoms with van der Waals surface area (Å²) in [6, 6.07) is 13.8. The lowest BCUT2D eigenvalue weighted by atomic mass is 10.2. The van der Waals surface area contributed by atoms with Crippen molar-refractivity contribution in [2.75, 3.05) is 18.4 Å². The SMILES string of the molecule is CCc1nc(NCCNS(=O)(=O)c2ccc(Cl)cc2)c2ccccc2n1. The van der Waals surface area contributed by atoms with E-state index >= 15 is 0 Å². The summed E-state index contributed by atoms with van der Waals surface area (Å²) < 4.78 is 27.1. The zero-order valence-electron chi connectivity index (χ0n) is 14.2. The van der Waals surface area contributed by atoms with Gasteiger partial charge in [0.2, 0.25) is 10.0 Å². The van der Waals surface area contributed by atoms with Gasteiger partial charge in [0.15, 0.2) is 0 Å². The fourth-order valence-electron chi connectivity index (χ4n) is 2.48. The van der Waals surface area contributed by atoms with Crippen molar-refractivity contribution in [3.63, 3.8) is 0 Å². The lowest BCUT2D eigenvalue weighted by Gasteiger charge is -2.11. The molecule has 1 heterocycles. The molecule has 0 aliphatic rings. The van der Waals surface area contributed by atoms with Crippen LogP contribution in [0.4, 0.5) is 5.82 Å². The van der Waals surface area contributed by atoms with Gasteiger partial charge < -0.3 is 5.32 Å². The second-order valence-corrected chi connectivity index (χ2v) is 7.84. The van der Waals surface area contributed by atoms with Crippen LogP contribution in [0.2, 0.25) is 5.02 Å². The molecule has 1 aromatic heterocycles. The quantitative estimate of drug-likeness (QED) is 0.605. The molecule has 26 heavy (non-hydrogen) atoms. The highest BCUT2D eigenvalue weighted by Gasteiger charge is 2.13. The number of rotatable bonds is 7. The molecule has 0 radical (unpaired) electrons. The summed E-state index contributed by atoms with van der Waals surface area (Å²) in [5, 5.41) is 4.60. The van der Waals surface area contributed by atoms with Gasteiger partial charge in [0, 0.05) is 29.9 Å². The van der Waals surface area contributed by atoms with Crippen molar-refractivity contribution in [3.05, 3.63) is 59.4 Å². The molecule has 0 aliphatic heterocycles. The molecule has 0 aliphatic carbocycles. The molecule has 0 atom stereocenters. The van der Waals surface area contributed by atoms with E-state index in [0.29, 0.717) is 17.4 Å². The summed E-state index contributed by atoms with van der Waals surface area (Å²) >= 11 is 5.79. The van der Waals surface area contributed by atoms with Crippen LogP contribution in [0.15, 0.2) is 53.4 Å². The predicted octanol–water partition coefficient (Wildman–Crippen LogP) is 3.24. The van der Waals surface area contributed by atoms with Gasteiger partial charge in [-0.25, -0.2) is 23.1 Å². The van der Waals surface area contributed by atoms with E-state index in [1.807, 2.05) is 31.2 Å². The number of para-hydroxylation sites is 1. The molecule has 136 valence electrons. The van der Waals surface area contributed by atoms with Crippen LogP contribution in [0.5, 0.6) is 0 Å². The number of benzene rings is 2. The minimum Gasteiger partial charge on any atom is -0.368 e. The maximum absolute atomic E-state index is 12.3. The minimum atomic E-state index is -3.57. The van der Waals surface area contributed by atoms with Crippen LogP contribution in [-0.4, -0.2) is 31.5 Å². The number of fused-ring (bicyclic) bond motifs is 1. The zero-order valence-corrected chi connectivity index (χ0v) is 15.8. The topological polar surface area (TPSA) is 84.0 Å². The number of nitrogens with one attached hydrogen (secondary N) is 2. The molecule has 0 bridgehead atoms. The molecule has 0 amide bonds. The van der Waals surface area contributed by atoms with Crippen molar-refractivity contribution in [1.82, 2.24) is 14.7 Å². The number of sulfonamides is 1. The summed E-state index contributed by atoms with van der Waals surface area (Å²) in [7, 11) is -3.57. The van der Waals surface area contributed by atoms with E-state index in [9.17, 15) is 8.42 Å². The first-order valence-corrected chi connectivity index (χ1v) is 10.1. The molecular formula is C18H19ClN4O2S. The van der Waals surface area contributed by atoms with Crippen molar-refractivity contribution >= 4 is 38.3 Å². The average Bonchev–Trinajstić information content (AvgIpc) is 2.65. The summed E-state index contributed by atoms with van der Waals surface area (Å²) in [6.45, 7) is 2.62. The molecule has 0 saturated carbocycles. The average molecular weight is 391 g/mol. The number of halogens is 1. The van der Waals surface area contributed by atoms with Crippen LogP contribution in [0, 0.1) is 0 Å². The van der Waals surface area contributed by atoms with Crippen LogP contribution < -0.4 is 10.0 Å². The Kier molecular flexibility index (Phi) is 5.70. The molecule has 0 spiro atoms. The summed E-state index contributed by atoms with van der Waals surface area (Å²) in [4.78, 5) is 9.19. The molecule has 3 aromatic rings. The third kappa shape index (κ3) is 4.30. The Morgan fingerprint density at radius 3 is 2.46 bits per heavy atom. The molecule has 2 aromatic carbocycles. The smallest absolute Gasteiger partial charge is 0.240 e. The van der Waals surface area contributed by atoms with Crippen molar-refractivity contribution in [1.29, 1.82) is 0 Å². The van der Waals surface area contributed by atoms with E-state index in [1.54, 1.807) is 12.1 Å². The molecule has 8 heteroatoms. The monoisotopic (exact) mass is 390 g/mol. The zero-order chi connectivity index (χ0) is 18.6. The van der Waals surface area contributed by atoms with Gasteiger partial charge in [-0.05, 0) is 36.4 Å². The molecule has 2 N–H and O–H groups in total. The van der Waals surface area contributed by atoms with Gasteiger partial charge in [0.1, 0.15) is 11.6 Å². The van der Waals surface area contributed by atoms with E-state index in [4.69, 9.17) is 11.6 Å². The molecular weight excluding hydrogens is 372 g/mol. The van der Waals surface area contributed by atoms with E-state index in [0.717, 1.165) is 23.1 Å². The highest BCUT2D eigenvalue weighted by Crippen LogP contribution is 2.20. The normalized spacial score (nSPS) is 11.6. The number of hydrogen-bond donors (Lipinski definition) is 2. The number of anilines is 1. The fraction of sp³-hybridized carbons (Fsp3) is 0.222. The number of aryl methyl sites for hydroxylation is 1. The van der Waals surface area contributed by atoms with Crippen molar-refractivity contribution < 1.29 is 8.42 Å². The highest BCUT2D eigenvalue weighted by atomic mass is 35.5. The third-order valence-corrected chi connectivity index (χ3v) is 5.53. The second-order valence-electron chi connectivity index (χ2n) is 5.64. The fourth-order valence-corrected chi connectivity index (χ4v) is 3.64. The first kappa shape index (κ1) is 18.6. The van der Waals surface area contributed by atoms with Crippen LogP contribution in [0.3, 0.4) is 0 Å². The molecule has 6 nitrogen and oxygen atoms in total. The Bertz CT molecular complexity index is 1010. The van der Waals surface area contributed by atoms with Gasteiger partial charge in [-0.3, -0.25) is 0 Å². The lowest BCUT2D eigenvalue weighted by Crippen LogP contribution is -2.29. The summed E-state index contributed by atoms with van der Waals surface area (Å²) in [5.74, 6) is 1.45. The third-order valence-electron chi connectivity index (χ3n) is 3.80. The van der Waals surface area contributed by atoms with E-state index < -0.39 is 10.0 Å². The second kappa shape index (κ2) is 7.99. The van der Waals surface area contributed by atoms with Crippen molar-refractivity contribution in [3.8, 4) is 0 Å². The minimum absolute atomic E-state index is 0.183. The van der Waals surface area contributed by atoms with Crippen LogP contribution in [0.1, 0.15) is 12.7 Å². The Hall–Kier alpha value is -2.22. The van der Waals surface area contributed by atoms with Crippen LogP contribution in [-0.2, 0) is 16.4 Å². The van der Waals surface area contributed by atoms with Crippen LogP contribution in [0.25, 0.3) is 10.9 Å². The van der Waals surface area contributed by atoms with Crippen LogP contribution >= 0.6 is 11.6 Å². The Labute approximate surface area is 157 Å². The Morgan fingerprint density at radius 2 is 1.73 bits per heavy atom. The van der Waals surface area contributed by atoms with Crippen molar-refractivity contribution in [2.24, 2.45) is 0 Å². The maximum atomic E-state index is 12.3. The maximum Gasteiger partial charge on any atom is 0.240 e. The Morgan fingerprint density at radius 1 is 1.00 bits per heavy atom. The van der Waals surface area contributed by atoms with Gasteiger partial charge >= 0.3 is 0 Å². The first-order chi connectivity index (χ1) is 12.5. The van der Waals surface area contributed by atoms with Crippen molar-refractivity contribution in [2.45, 2.75) is 18.2 Å². The summed E-state index contributed by atoms with van der Waals surface area (Å²) in [6.07, 6.45) is 0.725. The molecule has 0 unspecified atom stereocenters. The molecule has 0 saturated heterocycles. The molecule has 0 fully saturated rings. The van der Waals surface area contributed by atoms with E-state index in [2.05, 4.69) is 20.0 Å².